The number of nitrogens with one attached hydrogen (secondary N) is 1. The van der Waals surface area contributed by atoms with Gasteiger partial charge in [0.15, 0.2) is 9.84 Å². The summed E-state index contributed by atoms with van der Waals surface area (Å²) in [5.74, 6) is 0.874. The molecule has 6 nitrogen and oxygen atoms in total. The molecular formula is C14H17N3O3S. The van der Waals surface area contributed by atoms with Crippen LogP contribution in [-0.4, -0.2) is 31.4 Å². The number of rotatable bonds is 6. The second kappa shape index (κ2) is 6.64. The number of sulfone groups is 1. The van der Waals surface area contributed by atoms with Crippen LogP contribution in [0.3, 0.4) is 0 Å². The first-order valence-electron chi connectivity index (χ1n) is 6.50. The Kier molecular flexibility index (Phi) is 4.87. The number of hydrogen-bond acceptors (Lipinski definition) is 6. The van der Waals surface area contributed by atoms with Gasteiger partial charge in [0.25, 0.3) is 0 Å². The molecule has 0 aliphatic rings. The van der Waals surface area contributed by atoms with E-state index in [4.69, 9.17) is 4.74 Å². The summed E-state index contributed by atoms with van der Waals surface area (Å²) >= 11 is 0. The molecule has 7 heteroatoms. The van der Waals surface area contributed by atoms with Crippen molar-refractivity contribution in [3.63, 3.8) is 0 Å². The SMILES string of the molecule is CCNCc1ccc(Oc2ccc(S(C)(=O)=O)cc2)nn1. The van der Waals surface area contributed by atoms with E-state index in [0.29, 0.717) is 18.2 Å². The standard InChI is InChI=1S/C14H17N3O3S/c1-3-15-10-11-4-9-14(17-16-11)20-12-5-7-13(8-6-12)21(2,18)19/h4-9,15H,3,10H2,1-2H3. The van der Waals surface area contributed by atoms with Crippen LogP contribution in [0.1, 0.15) is 12.6 Å². The molecule has 0 aliphatic carbocycles. The van der Waals surface area contributed by atoms with Gasteiger partial charge in [0.05, 0.1) is 10.6 Å². The molecule has 112 valence electrons. The van der Waals surface area contributed by atoms with Crippen LogP contribution in [0.4, 0.5) is 0 Å². The molecule has 0 atom stereocenters. The minimum Gasteiger partial charge on any atom is -0.438 e. The Hall–Kier alpha value is -1.99. The lowest BCUT2D eigenvalue weighted by molar-refractivity contribution is 0.453. The third-order valence-electron chi connectivity index (χ3n) is 2.73. The molecule has 0 amide bonds. The molecule has 2 aromatic rings. The maximum Gasteiger partial charge on any atom is 0.238 e. The fourth-order valence-corrected chi connectivity index (χ4v) is 2.26. The van der Waals surface area contributed by atoms with E-state index in [9.17, 15) is 8.42 Å². The Morgan fingerprint density at radius 3 is 2.33 bits per heavy atom. The van der Waals surface area contributed by atoms with Crippen LogP contribution in [0, 0.1) is 0 Å². The molecule has 0 saturated heterocycles. The first-order chi connectivity index (χ1) is 9.99. The van der Waals surface area contributed by atoms with Gasteiger partial charge in [-0.25, -0.2) is 8.42 Å². The Morgan fingerprint density at radius 2 is 1.81 bits per heavy atom. The highest BCUT2D eigenvalue weighted by Gasteiger charge is 2.07. The van der Waals surface area contributed by atoms with Crippen LogP contribution in [0.2, 0.25) is 0 Å². The van der Waals surface area contributed by atoms with E-state index in [1.165, 1.54) is 12.1 Å². The van der Waals surface area contributed by atoms with Gasteiger partial charge in [-0.15, -0.1) is 5.10 Å². The highest BCUT2D eigenvalue weighted by atomic mass is 32.2. The zero-order valence-electron chi connectivity index (χ0n) is 11.9. The first-order valence-corrected chi connectivity index (χ1v) is 8.39. The highest BCUT2D eigenvalue weighted by Crippen LogP contribution is 2.20. The minimum atomic E-state index is -3.20. The van der Waals surface area contributed by atoms with Crippen LogP contribution in [0.25, 0.3) is 0 Å². The summed E-state index contributed by atoms with van der Waals surface area (Å²) in [5.41, 5.74) is 0.830. The van der Waals surface area contributed by atoms with Crippen molar-refractivity contribution in [1.29, 1.82) is 0 Å². The molecule has 0 spiro atoms. The number of ether oxygens (including phenoxy) is 1. The van der Waals surface area contributed by atoms with Crippen molar-refractivity contribution in [2.24, 2.45) is 0 Å². The summed E-state index contributed by atoms with van der Waals surface area (Å²) in [4.78, 5) is 0.252. The Balaban J connectivity index is 2.04. The number of nitrogens with zero attached hydrogens (tertiary/aromatic N) is 2. The number of benzene rings is 1. The fraction of sp³-hybridized carbons (Fsp3) is 0.286. The average molecular weight is 307 g/mol. The van der Waals surface area contributed by atoms with Crippen molar-refractivity contribution in [3.05, 3.63) is 42.1 Å². The molecule has 1 heterocycles. The van der Waals surface area contributed by atoms with E-state index >= 15 is 0 Å². The summed E-state index contributed by atoms with van der Waals surface area (Å²) in [6.07, 6.45) is 1.16. The average Bonchev–Trinajstić information content (AvgIpc) is 2.46. The van der Waals surface area contributed by atoms with Gasteiger partial charge >= 0.3 is 0 Å². The van der Waals surface area contributed by atoms with Gasteiger partial charge in [-0.05, 0) is 36.9 Å². The van der Waals surface area contributed by atoms with E-state index in [1.807, 2.05) is 13.0 Å². The van der Waals surface area contributed by atoms with Gasteiger partial charge in [-0.1, -0.05) is 6.92 Å². The molecule has 1 aromatic carbocycles. The predicted octanol–water partition coefficient (Wildman–Crippen LogP) is 1.78. The molecule has 0 fully saturated rings. The second-order valence-electron chi connectivity index (χ2n) is 4.49. The van der Waals surface area contributed by atoms with Gasteiger partial charge < -0.3 is 10.1 Å². The molecule has 0 radical (unpaired) electrons. The van der Waals surface area contributed by atoms with Crippen molar-refractivity contribution in [3.8, 4) is 11.6 Å². The molecule has 0 unspecified atom stereocenters. The first kappa shape index (κ1) is 15.4. The van der Waals surface area contributed by atoms with E-state index in [0.717, 1.165) is 18.5 Å². The van der Waals surface area contributed by atoms with Crippen LogP contribution in [0.15, 0.2) is 41.3 Å². The summed E-state index contributed by atoms with van der Waals surface area (Å²) in [7, 11) is -3.20. The Bertz CT molecular complexity index is 682. The number of aromatic nitrogens is 2. The van der Waals surface area contributed by atoms with Crippen molar-refractivity contribution < 1.29 is 13.2 Å². The predicted molar refractivity (Wildman–Crippen MR) is 79.0 cm³/mol. The maximum atomic E-state index is 11.4. The normalized spacial score (nSPS) is 11.3. The molecule has 1 aromatic heterocycles. The molecule has 0 saturated carbocycles. The molecule has 2 rings (SSSR count). The maximum absolute atomic E-state index is 11.4. The van der Waals surface area contributed by atoms with Gasteiger partial charge in [-0.2, -0.15) is 5.10 Å². The third kappa shape index (κ3) is 4.51. The van der Waals surface area contributed by atoms with Gasteiger partial charge in [0.2, 0.25) is 5.88 Å². The second-order valence-corrected chi connectivity index (χ2v) is 6.50. The molecule has 0 aliphatic heterocycles. The van der Waals surface area contributed by atoms with Crippen LogP contribution in [-0.2, 0) is 16.4 Å². The highest BCUT2D eigenvalue weighted by molar-refractivity contribution is 7.90. The summed E-state index contributed by atoms with van der Waals surface area (Å²) in [5, 5.41) is 11.2. The molecule has 0 bridgehead atoms. The lowest BCUT2D eigenvalue weighted by Gasteiger charge is -2.06. The lowest BCUT2D eigenvalue weighted by Crippen LogP contribution is -2.13. The van der Waals surface area contributed by atoms with Crippen molar-refractivity contribution in [1.82, 2.24) is 15.5 Å². The Labute approximate surface area is 124 Å². The van der Waals surface area contributed by atoms with Crippen molar-refractivity contribution in [2.75, 3.05) is 12.8 Å². The monoisotopic (exact) mass is 307 g/mol. The van der Waals surface area contributed by atoms with Crippen LogP contribution >= 0.6 is 0 Å². The smallest absolute Gasteiger partial charge is 0.238 e. The summed E-state index contributed by atoms with van der Waals surface area (Å²) in [6, 6.07) is 9.73. The summed E-state index contributed by atoms with van der Waals surface area (Å²) in [6.45, 7) is 3.55. The van der Waals surface area contributed by atoms with E-state index in [1.54, 1.807) is 18.2 Å². The molecule has 21 heavy (non-hydrogen) atoms. The number of hydrogen-bond donors (Lipinski definition) is 1. The Morgan fingerprint density at radius 1 is 1.10 bits per heavy atom. The van der Waals surface area contributed by atoms with Crippen LogP contribution in [0.5, 0.6) is 11.6 Å². The van der Waals surface area contributed by atoms with Crippen molar-refractivity contribution >= 4 is 9.84 Å². The molecule has 1 N–H and O–H groups in total. The zero-order valence-corrected chi connectivity index (χ0v) is 12.7. The largest absolute Gasteiger partial charge is 0.438 e. The van der Waals surface area contributed by atoms with Crippen LogP contribution < -0.4 is 10.1 Å². The van der Waals surface area contributed by atoms with E-state index < -0.39 is 9.84 Å². The minimum absolute atomic E-state index is 0.252. The quantitative estimate of drug-likeness (QED) is 0.876. The van der Waals surface area contributed by atoms with Gasteiger partial charge in [0.1, 0.15) is 5.75 Å². The van der Waals surface area contributed by atoms with Gasteiger partial charge in [0, 0.05) is 18.9 Å². The lowest BCUT2D eigenvalue weighted by atomic mass is 10.3. The third-order valence-corrected chi connectivity index (χ3v) is 3.85. The van der Waals surface area contributed by atoms with E-state index in [2.05, 4.69) is 15.5 Å². The van der Waals surface area contributed by atoms with E-state index in [-0.39, 0.29) is 4.90 Å². The zero-order chi connectivity index (χ0) is 15.3. The topological polar surface area (TPSA) is 81.2 Å². The summed E-state index contributed by atoms with van der Waals surface area (Å²) < 4.78 is 28.2. The van der Waals surface area contributed by atoms with Crippen molar-refractivity contribution in [2.45, 2.75) is 18.4 Å². The van der Waals surface area contributed by atoms with Gasteiger partial charge in [-0.3, -0.25) is 0 Å². The fourth-order valence-electron chi connectivity index (χ4n) is 1.63. The molecular weight excluding hydrogens is 290 g/mol.